The lowest BCUT2D eigenvalue weighted by atomic mass is 10.2. The van der Waals surface area contributed by atoms with Gasteiger partial charge in [0.2, 0.25) is 0 Å². The molecule has 0 radical (unpaired) electrons. The largest absolute Gasteiger partial charge is 0.482 e. The van der Waals surface area contributed by atoms with Crippen molar-refractivity contribution in [3.63, 3.8) is 0 Å². The zero-order valence-corrected chi connectivity index (χ0v) is 12.1. The average molecular weight is 305 g/mol. The van der Waals surface area contributed by atoms with Crippen LogP contribution in [0.4, 0.5) is 0 Å². The summed E-state index contributed by atoms with van der Waals surface area (Å²) >= 11 is 5.75. The molecule has 0 fully saturated rings. The van der Waals surface area contributed by atoms with E-state index >= 15 is 0 Å². The second kappa shape index (κ2) is 7.40. The molecular formula is C15H13ClN2O3. The van der Waals surface area contributed by atoms with Gasteiger partial charge in [-0.1, -0.05) is 16.8 Å². The Balaban J connectivity index is 1.83. The number of ether oxygens (including phenoxy) is 1. The first-order valence-corrected chi connectivity index (χ1v) is 6.56. The third-order valence-corrected chi connectivity index (χ3v) is 2.80. The Kier molecular flexibility index (Phi) is 5.29. The van der Waals surface area contributed by atoms with Crippen LogP contribution in [0, 0.1) is 0 Å². The topological polar surface area (TPSA) is 60.8 Å². The summed E-state index contributed by atoms with van der Waals surface area (Å²) in [5.41, 5.74) is 1.41. The zero-order valence-electron chi connectivity index (χ0n) is 11.3. The van der Waals surface area contributed by atoms with E-state index in [1.165, 1.54) is 0 Å². The molecule has 0 bridgehead atoms. The predicted octanol–water partition coefficient (Wildman–Crippen LogP) is 3.08. The molecule has 0 atom stereocenters. The van der Waals surface area contributed by atoms with E-state index < -0.39 is 5.97 Å². The zero-order chi connectivity index (χ0) is 15.1. The molecule has 0 aliphatic heterocycles. The smallest absolute Gasteiger partial charge is 0.372 e. The van der Waals surface area contributed by atoms with Crippen molar-refractivity contribution >= 4 is 23.3 Å². The van der Waals surface area contributed by atoms with Gasteiger partial charge in [-0.3, -0.25) is 4.98 Å². The molecule has 2 rings (SSSR count). The minimum absolute atomic E-state index is 0.227. The van der Waals surface area contributed by atoms with Gasteiger partial charge in [0, 0.05) is 23.0 Å². The highest BCUT2D eigenvalue weighted by molar-refractivity contribution is 6.30. The van der Waals surface area contributed by atoms with Crippen molar-refractivity contribution in [1.82, 2.24) is 4.98 Å². The standard InChI is InChI=1S/C15H13ClN2O3/c1-11(12-6-8-17-9-7-12)18-21-15(19)10-20-14-4-2-13(16)3-5-14/h2-9H,10H2,1H3/b18-11+. The van der Waals surface area contributed by atoms with Gasteiger partial charge >= 0.3 is 5.97 Å². The fraction of sp³-hybridized carbons (Fsp3) is 0.133. The van der Waals surface area contributed by atoms with Gasteiger partial charge in [0.05, 0.1) is 5.71 Å². The lowest BCUT2D eigenvalue weighted by Gasteiger charge is -2.04. The van der Waals surface area contributed by atoms with Gasteiger partial charge in [-0.25, -0.2) is 4.79 Å². The summed E-state index contributed by atoms with van der Waals surface area (Å²) in [7, 11) is 0. The highest BCUT2D eigenvalue weighted by Crippen LogP contribution is 2.15. The van der Waals surface area contributed by atoms with Gasteiger partial charge < -0.3 is 9.57 Å². The third-order valence-electron chi connectivity index (χ3n) is 2.55. The van der Waals surface area contributed by atoms with Gasteiger partial charge in [-0.05, 0) is 43.3 Å². The van der Waals surface area contributed by atoms with E-state index in [1.54, 1.807) is 55.7 Å². The van der Waals surface area contributed by atoms with Crippen molar-refractivity contribution in [3.8, 4) is 5.75 Å². The molecule has 0 amide bonds. The number of hydrogen-bond acceptors (Lipinski definition) is 5. The molecule has 0 N–H and O–H groups in total. The summed E-state index contributed by atoms with van der Waals surface area (Å²) in [6.07, 6.45) is 3.28. The quantitative estimate of drug-likeness (QED) is 0.484. The summed E-state index contributed by atoms with van der Waals surface area (Å²) < 4.78 is 5.25. The third kappa shape index (κ3) is 4.89. The van der Waals surface area contributed by atoms with Gasteiger partial charge in [-0.15, -0.1) is 0 Å². The van der Waals surface area contributed by atoms with E-state index in [0.717, 1.165) is 5.56 Å². The van der Waals surface area contributed by atoms with Crippen molar-refractivity contribution in [2.45, 2.75) is 6.92 Å². The average Bonchev–Trinajstić information content (AvgIpc) is 2.53. The van der Waals surface area contributed by atoms with Crippen molar-refractivity contribution in [1.29, 1.82) is 0 Å². The molecule has 108 valence electrons. The van der Waals surface area contributed by atoms with Gasteiger partial charge in [0.1, 0.15) is 5.75 Å². The summed E-state index contributed by atoms with van der Waals surface area (Å²) in [6.45, 7) is 1.51. The van der Waals surface area contributed by atoms with Gasteiger partial charge in [-0.2, -0.15) is 0 Å². The molecule has 21 heavy (non-hydrogen) atoms. The molecule has 6 heteroatoms. The van der Waals surface area contributed by atoms with Crippen LogP contribution in [0.5, 0.6) is 5.75 Å². The maximum Gasteiger partial charge on any atom is 0.372 e. The fourth-order valence-electron chi connectivity index (χ4n) is 1.46. The van der Waals surface area contributed by atoms with Crippen LogP contribution in [0.2, 0.25) is 5.02 Å². The number of nitrogens with zero attached hydrogens (tertiary/aromatic N) is 2. The molecule has 0 saturated carbocycles. The van der Waals surface area contributed by atoms with E-state index in [2.05, 4.69) is 10.1 Å². The molecule has 5 nitrogen and oxygen atoms in total. The second-order valence-corrected chi connectivity index (χ2v) is 4.55. The van der Waals surface area contributed by atoms with Crippen LogP contribution in [0.3, 0.4) is 0 Å². The maximum absolute atomic E-state index is 11.5. The van der Waals surface area contributed by atoms with Crippen molar-refractivity contribution in [3.05, 3.63) is 59.4 Å². The lowest BCUT2D eigenvalue weighted by Crippen LogP contribution is -2.13. The SMILES string of the molecule is C/C(=N\OC(=O)COc1ccc(Cl)cc1)c1ccncc1. The molecule has 0 saturated heterocycles. The number of carbonyl (C=O) groups is 1. The molecule has 0 aliphatic rings. The van der Waals surface area contributed by atoms with Crippen LogP contribution < -0.4 is 4.74 Å². The first-order valence-electron chi connectivity index (χ1n) is 6.18. The number of carbonyl (C=O) groups excluding carboxylic acids is 1. The Labute approximate surface area is 127 Å². The Hall–Kier alpha value is -2.40. The second-order valence-electron chi connectivity index (χ2n) is 4.12. The molecule has 0 unspecified atom stereocenters. The highest BCUT2D eigenvalue weighted by Gasteiger charge is 2.05. The predicted molar refractivity (Wildman–Crippen MR) is 79.5 cm³/mol. The van der Waals surface area contributed by atoms with Crippen LogP contribution in [-0.2, 0) is 9.63 Å². The van der Waals surface area contributed by atoms with Crippen LogP contribution in [-0.4, -0.2) is 23.3 Å². The van der Waals surface area contributed by atoms with E-state index in [4.69, 9.17) is 21.2 Å². The number of oxime groups is 1. The Morgan fingerprint density at radius 2 is 1.86 bits per heavy atom. The van der Waals surface area contributed by atoms with Crippen molar-refractivity contribution < 1.29 is 14.4 Å². The maximum atomic E-state index is 11.5. The number of benzene rings is 1. The summed E-state index contributed by atoms with van der Waals surface area (Å²) in [6, 6.07) is 10.2. The van der Waals surface area contributed by atoms with E-state index in [9.17, 15) is 4.79 Å². The molecule has 1 heterocycles. The fourth-order valence-corrected chi connectivity index (χ4v) is 1.59. The molecule has 0 aliphatic carbocycles. The van der Waals surface area contributed by atoms with Crippen LogP contribution in [0.1, 0.15) is 12.5 Å². The van der Waals surface area contributed by atoms with Crippen LogP contribution >= 0.6 is 11.6 Å². The number of pyridine rings is 1. The minimum atomic E-state index is -0.585. The van der Waals surface area contributed by atoms with Crippen molar-refractivity contribution in [2.75, 3.05) is 6.61 Å². The lowest BCUT2D eigenvalue weighted by molar-refractivity contribution is -0.146. The molecular weight excluding hydrogens is 292 g/mol. The monoisotopic (exact) mass is 304 g/mol. The highest BCUT2D eigenvalue weighted by atomic mass is 35.5. The van der Waals surface area contributed by atoms with E-state index in [0.29, 0.717) is 16.5 Å². The first-order chi connectivity index (χ1) is 10.1. The number of halogens is 1. The van der Waals surface area contributed by atoms with E-state index in [1.807, 2.05) is 0 Å². The Bertz CT molecular complexity index is 627. The number of aromatic nitrogens is 1. The molecule has 1 aromatic heterocycles. The minimum Gasteiger partial charge on any atom is -0.482 e. The molecule has 1 aromatic carbocycles. The summed E-state index contributed by atoms with van der Waals surface area (Å²) in [4.78, 5) is 20.2. The van der Waals surface area contributed by atoms with Crippen LogP contribution in [0.25, 0.3) is 0 Å². The number of hydrogen-bond donors (Lipinski definition) is 0. The summed E-state index contributed by atoms with van der Waals surface area (Å²) in [5.74, 6) is -0.0514. The Morgan fingerprint density at radius 1 is 1.19 bits per heavy atom. The van der Waals surface area contributed by atoms with Crippen molar-refractivity contribution in [2.24, 2.45) is 5.16 Å². The number of rotatable bonds is 5. The van der Waals surface area contributed by atoms with Crippen LogP contribution in [0.15, 0.2) is 53.9 Å². The Morgan fingerprint density at radius 3 is 2.52 bits per heavy atom. The van der Waals surface area contributed by atoms with Gasteiger partial charge in [0.15, 0.2) is 6.61 Å². The summed E-state index contributed by atoms with van der Waals surface area (Å²) in [5, 5.41) is 4.36. The van der Waals surface area contributed by atoms with Gasteiger partial charge in [0.25, 0.3) is 0 Å². The molecule has 2 aromatic rings. The van der Waals surface area contributed by atoms with E-state index in [-0.39, 0.29) is 6.61 Å². The molecule has 0 spiro atoms. The normalized spacial score (nSPS) is 11.0. The first kappa shape index (κ1) is 15.0.